The molecule has 2 aromatic carbocycles. The summed E-state index contributed by atoms with van der Waals surface area (Å²) < 4.78 is 31.6. The number of pyridine rings is 1. The van der Waals surface area contributed by atoms with E-state index < -0.39 is 17.1 Å². The molecule has 2 amide bonds. The number of carbonyl (C=O) groups is 2. The number of nitrogens with zero attached hydrogens (tertiary/aromatic N) is 2. The van der Waals surface area contributed by atoms with Gasteiger partial charge in [-0.25, -0.2) is 4.39 Å². The fourth-order valence-electron chi connectivity index (χ4n) is 6.88. The molecule has 0 radical (unpaired) electrons. The highest BCUT2D eigenvalue weighted by Crippen LogP contribution is 2.47. The van der Waals surface area contributed by atoms with Gasteiger partial charge in [0, 0.05) is 48.5 Å². The number of rotatable bonds is 12. The number of amides is 2. The van der Waals surface area contributed by atoms with E-state index in [1.54, 1.807) is 26.3 Å². The molecule has 3 aliphatic rings. The van der Waals surface area contributed by atoms with Gasteiger partial charge >= 0.3 is 0 Å². The van der Waals surface area contributed by atoms with Crippen LogP contribution in [0.15, 0.2) is 72.3 Å². The lowest BCUT2D eigenvalue weighted by molar-refractivity contribution is -0.133. The number of allylic oxidation sites excluding steroid dienone is 4. The lowest BCUT2D eigenvalue weighted by Crippen LogP contribution is -2.39. The molecule has 1 aliphatic heterocycles. The Morgan fingerprint density at radius 1 is 1.02 bits per heavy atom. The maximum Gasteiger partial charge on any atom is 0.240 e. The standard InChI is InChI=1S/C37H43FN4O5/c1-5-29(11-6-23(2)40-35(43)37(13-14-37)36(44)41-28-9-7-27(38)8-10-28)47-32-12-15-39-31-19-34(33(45-4)18-30(31)32)46-22-24-16-25-20-42(3)21-26(25)17-24/h6-12,15,18-19,24-26H,5,13-14,16-17,20-22H2,1-4H3,(H,40,43)(H,41,44)/b23-6+,29-11+. The van der Waals surface area contributed by atoms with Crippen LogP contribution in [0.25, 0.3) is 10.9 Å². The molecule has 0 spiro atoms. The van der Waals surface area contributed by atoms with Crippen molar-refractivity contribution in [3.05, 3.63) is 78.1 Å². The van der Waals surface area contributed by atoms with Gasteiger partial charge in [-0.2, -0.15) is 0 Å². The number of methoxy groups -OCH3 is 1. The molecular weight excluding hydrogens is 599 g/mol. The van der Waals surface area contributed by atoms with E-state index in [0.717, 1.165) is 22.7 Å². The number of hydrogen-bond donors (Lipinski definition) is 2. The Morgan fingerprint density at radius 2 is 1.74 bits per heavy atom. The molecule has 1 aromatic heterocycles. The molecule has 2 atom stereocenters. The summed E-state index contributed by atoms with van der Waals surface area (Å²) in [5, 5.41) is 6.38. The van der Waals surface area contributed by atoms with Gasteiger partial charge in [0.25, 0.3) is 0 Å². The second-order valence-electron chi connectivity index (χ2n) is 13.2. The van der Waals surface area contributed by atoms with Gasteiger partial charge in [-0.1, -0.05) is 6.92 Å². The number of hydrogen-bond acceptors (Lipinski definition) is 7. The summed E-state index contributed by atoms with van der Waals surface area (Å²) >= 11 is 0. The van der Waals surface area contributed by atoms with E-state index in [2.05, 4.69) is 27.6 Å². The van der Waals surface area contributed by atoms with E-state index >= 15 is 0 Å². The van der Waals surface area contributed by atoms with Crippen molar-refractivity contribution in [3.8, 4) is 17.2 Å². The molecular formula is C37H43FN4O5. The third kappa shape index (κ3) is 7.27. The van der Waals surface area contributed by atoms with Crippen molar-refractivity contribution < 1.29 is 28.2 Å². The first kappa shape index (κ1) is 32.5. The van der Waals surface area contributed by atoms with E-state index in [-0.39, 0.29) is 5.91 Å². The summed E-state index contributed by atoms with van der Waals surface area (Å²) in [6.45, 7) is 6.79. The molecule has 2 N–H and O–H groups in total. The minimum atomic E-state index is -1.14. The Balaban J connectivity index is 1.09. The minimum absolute atomic E-state index is 0.369. The molecule has 47 heavy (non-hydrogen) atoms. The normalized spacial score (nSPS) is 22.1. The number of ether oxygens (including phenoxy) is 3. The smallest absolute Gasteiger partial charge is 0.240 e. The molecule has 2 heterocycles. The second-order valence-corrected chi connectivity index (χ2v) is 13.2. The van der Waals surface area contributed by atoms with Crippen LogP contribution in [0.4, 0.5) is 10.1 Å². The first-order valence-corrected chi connectivity index (χ1v) is 16.4. The Kier molecular flexibility index (Phi) is 9.50. The number of fused-ring (bicyclic) bond motifs is 2. The van der Waals surface area contributed by atoms with Gasteiger partial charge < -0.3 is 29.7 Å². The van der Waals surface area contributed by atoms with Gasteiger partial charge in [0.1, 0.15) is 22.7 Å². The zero-order valence-corrected chi connectivity index (χ0v) is 27.5. The largest absolute Gasteiger partial charge is 0.493 e. The Labute approximate surface area is 275 Å². The molecule has 2 aliphatic carbocycles. The Hall–Kier alpha value is -4.44. The fraction of sp³-hybridized carbons (Fsp3) is 0.432. The molecule has 1 saturated heterocycles. The summed E-state index contributed by atoms with van der Waals surface area (Å²) in [7, 11) is 3.84. The van der Waals surface area contributed by atoms with E-state index in [1.165, 1.54) is 50.2 Å². The fourth-order valence-corrected chi connectivity index (χ4v) is 6.88. The van der Waals surface area contributed by atoms with Gasteiger partial charge in [-0.3, -0.25) is 14.6 Å². The molecule has 2 unspecified atom stereocenters. The van der Waals surface area contributed by atoms with Gasteiger partial charge in [0.2, 0.25) is 11.8 Å². The van der Waals surface area contributed by atoms with Crippen molar-refractivity contribution in [2.75, 3.05) is 39.2 Å². The molecule has 6 rings (SSSR count). The topological polar surface area (TPSA) is 102 Å². The summed E-state index contributed by atoms with van der Waals surface area (Å²) in [4.78, 5) is 33.0. The van der Waals surface area contributed by atoms with Crippen LogP contribution in [0.5, 0.6) is 17.2 Å². The van der Waals surface area contributed by atoms with E-state index in [1.807, 2.05) is 31.2 Å². The third-order valence-electron chi connectivity index (χ3n) is 9.63. The van der Waals surface area contributed by atoms with Gasteiger partial charge in [-0.05, 0) is 106 Å². The molecule has 3 aromatic rings. The first-order chi connectivity index (χ1) is 22.7. The quantitative estimate of drug-likeness (QED) is 0.133. The third-order valence-corrected chi connectivity index (χ3v) is 9.63. The monoisotopic (exact) mass is 642 g/mol. The molecule has 9 nitrogen and oxygen atoms in total. The number of halogens is 1. The van der Waals surface area contributed by atoms with Gasteiger partial charge in [-0.15, -0.1) is 0 Å². The van der Waals surface area contributed by atoms with Crippen molar-refractivity contribution >= 4 is 28.4 Å². The number of likely N-dealkylation sites (tertiary alicyclic amines) is 1. The van der Waals surface area contributed by atoms with Crippen molar-refractivity contribution in [1.82, 2.24) is 15.2 Å². The van der Waals surface area contributed by atoms with Crippen LogP contribution in [0.1, 0.15) is 46.0 Å². The Morgan fingerprint density at radius 3 is 2.40 bits per heavy atom. The van der Waals surface area contributed by atoms with Gasteiger partial charge in [0.05, 0.1) is 19.2 Å². The summed E-state index contributed by atoms with van der Waals surface area (Å²) in [5.41, 5.74) is 0.625. The SMILES string of the molecule is CC/C(=C\C=C(/C)NC(=O)C1(C(=O)Nc2ccc(F)cc2)CC1)Oc1ccnc2cc(OCC3CC4CN(C)CC4C3)c(OC)cc12. The van der Waals surface area contributed by atoms with Crippen LogP contribution in [0.2, 0.25) is 0 Å². The number of nitrogens with one attached hydrogen (secondary N) is 2. The predicted octanol–water partition coefficient (Wildman–Crippen LogP) is 6.46. The van der Waals surface area contributed by atoms with Crippen LogP contribution < -0.4 is 24.8 Å². The van der Waals surface area contributed by atoms with Crippen LogP contribution >= 0.6 is 0 Å². The van der Waals surface area contributed by atoms with E-state index in [9.17, 15) is 14.0 Å². The van der Waals surface area contributed by atoms with Crippen molar-refractivity contribution in [3.63, 3.8) is 0 Å². The minimum Gasteiger partial charge on any atom is -0.493 e. The van der Waals surface area contributed by atoms with Crippen LogP contribution in [-0.2, 0) is 9.59 Å². The lowest BCUT2D eigenvalue weighted by Gasteiger charge is -2.18. The maximum atomic E-state index is 13.2. The van der Waals surface area contributed by atoms with Gasteiger partial charge in [0.15, 0.2) is 11.5 Å². The molecule has 248 valence electrons. The predicted molar refractivity (Wildman–Crippen MR) is 179 cm³/mol. The number of benzene rings is 2. The molecule has 2 saturated carbocycles. The van der Waals surface area contributed by atoms with E-state index in [4.69, 9.17) is 14.2 Å². The molecule has 0 bridgehead atoms. The van der Waals surface area contributed by atoms with E-state index in [0.29, 0.717) is 66.2 Å². The maximum absolute atomic E-state index is 13.2. The Bertz CT molecular complexity index is 1690. The lowest BCUT2D eigenvalue weighted by atomic mass is 10.0. The number of anilines is 1. The highest BCUT2D eigenvalue weighted by Gasteiger charge is 2.56. The summed E-state index contributed by atoms with van der Waals surface area (Å²) in [6, 6.07) is 11.1. The average molecular weight is 643 g/mol. The number of carbonyl (C=O) groups excluding carboxylic acids is 2. The zero-order chi connectivity index (χ0) is 33.1. The zero-order valence-electron chi connectivity index (χ0n) is 27.5. The van der Waals surface area contributed by atoms with Crippen LogP contribution in [0.3, 0.4) is 0 Å². The molecule has 3 fully saturated rings. The second kappa shape index (κ2) is 13.7. The average Bonchev–Trinajstić information content (AvgIpc) is 3.70. The van der Waals surface area contributed by atoms with Crippen molar-refractivity contribution in [2.24, 2.45) is 23.2 Å². The summed E-state index contributed by atoms with van der Waals surface area (Å²) in [6.07, 6.45) is 9.19. The molecule has 10 heteroatoms. The van der Waals surface area contributed by atoms with Crippen molar-refractivity contribution in [2.45, 2.75) is 46.0 Å². The number of aromatic nitrogens is 1. The first-order valence-electron chi connectivity index (χ1n) is 16.4. The van der Waals surface area contributed by atoms with Crippen molar-refractivity contribution in [1.29, 1.82) is 0 Å². The van der Waals surface area contributed by atoms with Crippen LogP contribution in [-0.4, -0.2) is 55.6 Å². The summed E-state index contributed by atoms with van der Waals surface area (Å²) in [5.74, 6) is 3.56. The highest BCUT2D eigenvalue weighted by atomic mass is 19.1. The highest BCUT2D eigenvalue weighted by molar-refractivity contribution is 6.13. The van der Waals surface area contributed by atoms with Crippen LogP contribution in [0, 0.1) is 29.0 Å².